The van der Waals surface area contributed by atoms with Gasteiger partial charge in [0.05, 0.1) is 11.4 Å². The molecule has 0 radical (unpaired) electrons. The van der Waals surface area contributed by atoms with E-state index in [0.717, 1.165) is 0 Å². The first-order valence-corrected chi connectivity index (χ1v) is 5.07. The SMILES string of the molecule is Cc1ccc(N2N=NC(=O)C(=O)C2=O)cc1N=C=O. The van der Waals surface area contributed by atoms with Crippen LogP contribution in [0.1, 0.15) is 5.56 Å². The number of Topliss-reactive ketones (excluding diaryl/α,β-unsaturated/α-hetero) is 1. The van der Waals surface area contributed by atoms with E-state index in [2.05, 4.69) is 15.3 Å². The van der Waals surface area contributed by atoms with Gasteiger partial charge in [0.1, 0.15) is 0 Å². The summed E-state index contributed by atoms with van der Waals surface area (Å²) >= 11 is 0. The molecule has 1 aromatic rings. The van der Waals surface area contributed by atoms with Crippen molar-refractivity contribution in [2.45, 2.75) is 6.92 Å². The number of nitrogens with zero attached hydrogens (tertiary/aromatic N) is 4. The van der Waals surface area contributed by atoms with E-state index in [0.29, 0.717) is 10.6 Å². The fraction of sp³-hybridized carbons (Fsp3) is 0.0909. The summed E-state index contributed by atoms with van der Waals surface area (Å²) in [6, 6.07) is 4.43. The summed E-state index contributed by atoms with van der Waals surface area (Å²) in [5.74, 6) is -3.58. The van der Waals surface area contributed by atoms with Crippen LogP contribution >= 0.6 is 0 Å². The third-order valence-corrected chi connectivity index (χ3v) is 2.41. The summed E-state index contributed by atoms with van der Waals surface area (Å²) in [6.07, 6.45) is 1.38. The van der Waals surface area contributed by atoms with Crippen molar-refractivity contribution >= 4 is 35.1 Å². The average Bonchev–Trinajstić information content (AvgIpc) is 2.39. The molecule has 1 aliphatic rings. The molecular weight excluding hydrogens is 252 g/mol. The molecule has 0 spiro atoms. The van der Waals surface area contributed by atoms with Crippen LogP contribution < -0.4 is 5.01 Å². The molecule has 19 heavy (non-hydrogen) atoms. The lowest BCUT2D eigenvalue weighted by Crippen LogP contribution is -2.39. The van der Waals surface area contributed by atoms with E-state index < -0.39 is 17.6 Å². The van der Waals surface area contributed by atoms with E-state index >= 15 is 0 Å². The number of isocyanates is 1. The largest absolute Gasteiger partial charge is 0.343 e. The summed E-state index contributed by atoms with van der Waals surface area (Å²) in [5, 5.41) is 7.07. The van der Waals surface area contributed by atoms with Crippen LogP contribution in [0.2, 0.25) is 0 Å². The van der Waals surface area contributed by atoms with Crippen molar-refractivity contribution in [2.24, 2.45) is 15.3 Å². The number of benzene rings is 1. The second-order valence-corrected chi connectivity index (χ2v) is 3.61. The molecule has 0 aromatic heterocycles. The van der Waals surface area contributed by atoms with Gasteiger partial charge in [0.15, 0.2) is 0 Å². The molecule has 0 saturated heterocycles. The number of anilines is 1. The van der Waals surface area contributed by atoms with Gasteiger partial charge >= 0.3 is 17.6 Å². The normalized spacial score (nSPS) is 14.6. The Hall–Kier alpha value is -2.99. The first kappa shape index (κ1) is 12.5. The average molecular weight is 258 g/mol. The monoisotopic (exact) mass is 258 g/mol. The van der Waals surface area contributed by atoms with Crippen molar-refractivity contribution in [3.05, 3.63) is 23.8 Å². The van der Waals surface area contributed by atoms with Gasteiger partial charge in [0, 0.05) is 0 Å². The second kappa shape index (κ2) is 4.71. The van der Waals surface area contributed by atoms with Gasteiger partial charge < -0.3 is 0 Å². The lowest BCUT2D eigenvalue weighted by atomic mass is 10.1. The third kappa shape index (κ3) is 2.20. The van der Waals surface area contributed by atoms with Gasteiger partial charge in [-0.3, -0.25) is 14.4 Å². The van der Waals surface area contributed by atoms with Crippen molar-refractivity contribution in [1.29, 1.82) is 0 Å². The first-order chi connectivity index (χ1) is 9.04. The Labute approximate surface area is 106 Å². The summed E-state index contributed by atoms with van der Waals surface area (Å²) in [4.78, 5) is 47.4. The van der Waals surface area contributed by atoms with E-state index in [1.54, 1.807) is 13.0 Å². The van der Waals surface area contributed by atoms with Gasteiger partial charge in [-0.15, -0.1) is 0 Å². The van der Waals surface area contributed by atoms with Crippen LogP contribution in [0.5, 0.6) is 0 Å². The molecular formula is C11H6N4O4. The fourth-order valence-corrected chi connectivity index (χ4v) is 1.43. The summed E-state index contributed by atoms with van der Waals surface area (Å²) in [6.45, 7) is 1.70. The standard InChI is InChI=1S/C11H6N4O4/c1-6-2-3-7(4-8(6)12-5-16)15-11(19)9(17)10(18)13-14-15/h2-4H,1H3. The highest BCUT2D eigenvalue weighted by molar-refractivity contribution is 6.65. The van der Waals surface area contributed by atoms with Crippen molar-refractivity contribution in [3.63, 3.8) is 0 Å². The predicted molar refractivity (Wildman–Crippen MR) is 61.3 cm³/mol. The molecule has 2 rings (SSSR count). The number of aliphatic imine (C=N–C) groups is 1. The molecule has 8 heteroatoms. The molecule has 0 unspecified atom stereocenters. The first-order valence-electron chi connectivity index (χ1n) is 5.07. The Balaban J connectivity index is 2.48. The lowest BCUT2D eigenvalue weighted by molar-refractivity contribution is -0.144. The molecule has 0 bridgehead atoms. The maximum Gasteiger partial charge on any atom is 0.343 e. The number of carbonyl (C=O) groups is 3. The van der Waals surface area contributed by atoms with E-state index in [1.165, 1.54) is 18.2 Å². The number of ketones is 1. The second-order valence-electron chi connectivity index (χ2n) is 3.61. The van der Waals surface area contributed by atoms with Crippen LogP contribution in [0.15, 0.2) is 33.5 Å². The van der Waals surface area contributed by atoms with Gasteiger partial charge in [-0.2, -0.15) is 10.0 Å². The van der Waals surface area contributed by atoms with Crippen LogP contribution in [-0.4, -0.2) is 23.7 Å². The predicted octanol–water partition coefficient (Wildman–Crippen LogP) is 0.772. The number of carbonyl (C=O) groups excluding carboxylic acids is 4. The van der Waals surface area contributed by atoms with E-state index in [1.807, 2.05) is 0 Å². The minimum atomic E-state index is -1.27. The zero-order valence-corrected chi connectivity index (χ0v) is 9.65. The Bertz CT molecular complexity index is 673. The van der Waals surface area contributed by atoms with Crippen molar-refractivity contribution < 1.29 is 19.2 Å². The molecule has 1 aliphatic heterocycles. The number of hydrogen-bond donors (Lipinski definition) is 0. The Kier molecular flexibility index (Phi) is 3.09. The zero-order valence-electron chi connectivity index (χ0n) is 9.65. The molecule has 8 nitrogen and oxygen atoms in total. The number of rotatable bonds is 2. The molecule has 1 heterocycles. The smallest absolute Gasteiger partial charge is 0.277 e. The number of amides is 2. The Morgan fingerprint density at radius 2 is 2.00 bits per heavy atom. The van der Waals surface area contributed by atoms with E-state index in [-0.39, 0.29) is 11.4 Å². The highest BCUT2D eigenvalue weighted by Crippen LogP contribution is 2.26. The minimum absolute atomic E-state index is 0.175. The van der Waals surface area contributed by atoms with Gasteiger partial charge in [-0.25, -0.2) is 4.79 Å². The summed E-state index contributed by atoms with van der Waals surface area (Å²) < 4.78 is 0. The Morgan fingerprint density at radius 1 is 1.26 bits per heavy atom. The summed E-state index contributed by atoms with van der Waals surface area (Å²) in [7, 11) is 0. The van der Waals surface area contributed by atoms with Crippen LogP contribution in [0.4, 0.5) is 11.4 Å². The maximum atomic E-state index is 11.6. The quantitative estimate of drug-likeness (QED) is 0.443. The van der Waals surface area contributed by atoms with Crippen LogP contribution in [0, 0.1) is 6.92 Å². The summed E-state index contributed by atoms with van der Waals surface area (Å²) in [5.41, 5.74) is 1.13. The lowest BCUT2D eigenvalue weighted by Gasteiger charge is -2.17. The van der Waals surface area contributed by atoms with Gasteiger partial charge in [0.2, 0.25) is 6.08 Å². The van der Waals surface area contributed by atoms with Crippen LogP contribution in [-0.2, 0) is 19.2 Å². The fourth-order valence-electron chi connectivity index (χ4n) is 1.43. The van der Waals surface area contributed by atoms with Gasteiger partial charge in [0.25, 0.3) is 0 Å². The van der Waals surface area contributed by atoms with Crippen LogP contribution in [0.3, 0.4) is 0 Å². The topological polar surface area (TPSA) is 109 Å². The van der Waals surface area contributed by atoms with E-state index in [9.17, 15) is 19.2 Å². The van der Waals surface area contributed by atoms with E-state index in [4.69, 9.17) is 0 Å². The third-order valence-electron chi connectivity index (χ3n) is 2.41. The molecule has 0 N–H and O–H groups in total. The van der Waals surface area contributed by atoms with Gasteiger partial charge in [-0.05, 0) is 24.6 Å². The van der Waals surface area contributed by atoms with Gasteiger partial charge in [-0.1, -0.05) is 16.4 Å². The number of aryl methyl sites for hydroxylation is 1. The molecule has 0 atom stereocenters. The highest BCUT2D eigenvalue weighted by Gasteiger charge is 2.33. The Morgan fingerprint density at radius 3 is 2.68 bits per heavy atom. The molecule has 0 fully saturated rings. The molecule has 1 aromatic carbocycles. The van der Waals surface area contributed by atoms with Crippen molar-refractivity contribution in [1.82, 2.24) is 0 Å². The highest BCUT2D eigenvalue weighted by atomic mass is 16.2. The van der Waals surface area contributed by atoms with Crippen molar-refractivity contribution in [2.75, 3.05) is 5.01 Å². The minimum Gasteiger partial charge on any atom is -0.277 e. The maximum absolute atomic E-state index is 11.6. The molecule has 0 aliphatic carbocycles. The van der Waals surface area contributed by atoms with Crippen LogP contribution in [0.25, 0.3) is 0 Å². The number of hydrogen-bond acceptors (Lipinski definition) is 6. The molecule has 94 valence electrons. The molecule has 0 saturated carbocycles. The van der Waals surface area contributed by atoms with Crippen molar-refractivity contribution in [3.8, 4) is 0 Å². The zero-order chi connectivity index (χ0) is 14.0. The molecule has 2 amide bonds.